The van der Waals surface area contributed by atoms with Crippen LogP contribution in [-0.4, -0.2) is 68.6 Å². The van der Waals surface area contributed by atoms with Crippen molar-refractivity contribution < 1.29 is 22.8 Å². The SMILES string of the molecule is CNCC(C)C(=O)N(CC(=O)N(C)C)CC(F)(F)F. The summed E-state index contributed by atoms with van der Waals surface area (Å²) >= 11 is 0. The van der Waals surface area contributed by atoms with Gasteiger partial charge in [-0.15, -0.1) is 0 Å². The van der Waals surface area contributed by atoms with Gasteiger partial charge in [0.1, 0.15) is 13.1 Å². The van der Waals surface area contributed by atoms with Crippen LogP contribution in [0.2, 0.25) is 0 Å². The lowest BCUT2D eigenvalue weighted by Gasteiger charge is -2.27. The fourth-order valence-corrected chi connectivity index (χ4v) is 1.44. The van der Waals surface area contributed by atoms with Crippen LogP contribution in [0, 0.1) is 5.92 Å². The first-order valence-corrected chi connectivity index (χ1v) is 5.78. The van der Waals surface area contributed by atoms with Crippen LogP contribution < -0.4 is 5.32 Å². The molecule has 0 aromatic rings. The zero-order chi connectivity index (χ0) is 15.2. The zero-order valence-corrected chi connectivity index (χ0v) is 11.5. The molecule has 0 aromatic carbocycles. The molecule has 5 nitrogen and oxygen atoms in total. The molecule has 0 bridgehead atoms. The molecule has 0 aliphatic rings. The first-order valence-electron chi connectivity index (χ1n) is 5.78. The van der Waals surface area contributed by atoms with E-state index in [1.165, 1.54) is 21.0 Å². The number of nitrogens with one attached hydrogen (secondary N) is 1. The van der Waals surface area contributed by atoms with Crippen LogP contribution in [0.1, 0.15) is 6.92 Å². The molecule has 1 unspecified atom stereocenters. The van der Waals surface area contributed by atoms with Gasteiger partial charge in [-0.1, -0.05) is 6.92 Å². The minimum Gasteiger partial charge on any atom is -0.347 e. The predicted octanol–water partition coefficient (Wildman–Crippen LogP) is 0.321. The maximum Gasteiger partial charge on any atom is 0.406 e. The molecule has 2 amide bonds. The Labute approximate surface area is 110 Å². The normalized spacial score (nSPS) is 13.0. The van der Waals surface area contributed by atoms with E-state index in [9.17, 15) is 22.8 Å². The van der Waals surface area contributed by atoms with E-state index in [0.717, 1.165) is 4.90 Å². The third-order valence-corrected chi connectivity index (χ3v) is 2.44. The van der Waals surface area contributed by atoms with Crippen molar-refractivity contribution in [2.45, 2.75) is 13.1 Å². The molecule has 0 aliphatic carbocycles. The van der Waals surface area contributed by atoms with E-state index < -0.39 is 37.0 Å². The molecule has 1 atom stereocenters. The van der Waals surface area contributed by atoms with Crippen LogP contribution in [0.5, 0.6) is 0 Å². The van der Waals surface area contributed by atoms with Gasteiger partial charge in [-0.05, 0) is 7.05 Å². The van der Waals surface area contributed by atoms with Crippen LogP contribution in [-0.2, 0) is 9.59 Å². The Balaban J connectivity index is 4.85. The van der Waals surface area contributed by atoms with E-state index in [1.54, 1.807) is 7.05 Å². The Morgan fingerprint density at radius 2 is 1.79 bits per heavy atom. The molecule has 19 heavy (non-hydrogen) atoms. The van der Waals surface area contributed by atoms with Crippen LogP contribution in [0.4, 0.5) is 13.2 Å². The molecule has 0 radical (unpaired) electrons. The van der Waals surface area contributed by atoms with Gasteiger partial charge >= 0.3 is 6.18 Å². The Kier molecular flexibility index (Phi) is 6.82. The van der Waals surface area contributed by atoms with Gasteiger partial charge in [0.15, 0.2) is 0 Å². The maximum atomic E-state index is 12.4. The van der Waals surface area contributed by atoms with Gasteiger partial charge in [-0.2, -0.15) is 13.2 Å². The second-order valence-corrected chi connectivity index (χ2v) is 4.56. The van der Waals surface area contributed by atoms with Crippen LogP contribution in [0.3, 0.4) is 0 Å². The smallest absolute Gasteiger partial charge is 0.347 e. The number of hydrogen-bond acceptors (Lipinski definition) is 3. The number of alkyl halides is 3. The average Bonchev–Trinajstić information content (AvgIpc) is 2.25. The lowest BCUT2D eigenvalue weighted by atomic mass is 10.1. The van der Waals surface area contributed by atoms with E-state index in [0.29, 0.717) is 4.90 Å². The van der Waals surface area contributed by atoms with Gasteiger partial charge in [0.05, 0.1) is 0 Å². The molecule has 0 spiro atoms. The number of likely N-dealkylation sites (N-methyl/N-ethyl adjacent to an activating group) is 1. The Hall–Kier alpha value is -1.31. The van der Waals surface area contributed by atoms with Crippen molar-refractivity contribution in [3.05, 3.63) is 0 Å². The van der Waals surface area contributed by atoms with Gasteiger partial charge in [0.2, 0.25) is 11.8 Å². The molecule has 0 heterocycles. The van der Waals surface area contributed by atoms with Crippen molar-refractivity contribution in [2.24, 2.45) is 5.92 Å². The Morgan fingerprint density at radius 1 is 1.26 bits per heavy atom. The highest BCUT2D eigenvalue weighted by Crippen LogP contribution is 2.18. The molecule has 0 aromatic heterocycles. The Morgan fingerprint density at radius 3 is 2.16 bits per heavy atom. The Bertz CT molecular complexity index is 319. The van der Waals surface area contributed by atoms with Gasteiger partial charge in [-0.25, -0.2) is 0 Å². The quantitative estimate of drug-likeness (QED) is 0.764. The lowest BCUT2D eigenvalue weighted by molar-refractivity contribution is -0.166. The summed E-state index contributed by atoms with van der Waals surface area (Å²) in [4.78, 5) is 25.1. The number of halogens is 3. The van der Waals surface area contributed by atoms with E-state index in [2.05, 4.69) is 5.32 Å². The van der Waals surface area contributed by atoms with Crippen molar-refractivity contribution in [1.82, 2.24) is 15.1 Å². The van der Waals surface area contributed by atoms with Gasteiger partial charge < -0.3 is 15.1 Å². The predicted molar refractivity (Wildman–Crippen MR) is 64.4 cm³/mol. The molecule has 0 saturated carbocycles. The third-order valence-electron chi connectivity index (χ3n) is 2.44. The lowest BCUT2D eigenvalue weighted by Crippen LogP contribution is -2.47. The van der Waals surface area contributed by atoms with Gasteiger partial charge in [0.25, 0.3) is 0 Å². The fourth-order valence-electron chi connectivity index (χ4n) is 1.44. The first-order chi connectivity index (χ1) is 8.58. The van der Waals surface area contributed by atoms with Gasteiger partial charge in [-0.3, -0.25) is 9.59 Å². The molecule has 0 fully saturated rings. The molecule has 0 aliphatic heterocycles. The molecule has 8 heteroatoms. The largest absolute Gasteiger partial charge is 0.406 e. The first kappa shape index (κ1) is 17.7. The monoisotopic (exact) mass is 283 g/mol. The van der Waals surface area contributed by atoms with Crippen molar-refractivity contribution in [3.63, 3.8) is 0 Å². The van der Waals surface area contributed by atoms with Crippen LogP contribution >= 0.6 is 0 Å². The molecule has 112 valence electrons. The second-order valence-electron chi connectivity index (χ2n) is 4.56. The van der Waals surface area contributed by atoms with Crippen molar-refractivity contribution in [1.29, 1.82) is 0 Å². The van der Waals surface area contributed by atoms with Crippen LogP contribution in [0.15, 0.2) is 0 Å². The van der Waals surface area contributed by atoms with E-state index in [-0.39, 0.29) is 6.54 Å². The van der Waals surface area contributed by atoms with Crippen molar-refractivity contribution in [3.8, 4) is 0 Å². The summed E-state index contributed by atoms with van der Waals surface area (Å²) in [5.74, 6) is -1.86. The number of nitrogens with zero attached hydrogens (tertiary/aromatic N) is 2. The highest BCUT2D eigenvalue weighted by molar-refractivity contribution is 5.85. The van der Waals surface area contributed by atoms with Gasteiger partial charge in [0, 0.05) is 26.6 Å². The minimum atomic E-state index is -4.53. The number of carbonyl (C=O) groups is 2. The minimum absolute atomic E-state index is 0.253. The summed E-state index contributed by atoms with van der Waals surface area (Å²) < 4.78 is 37.3. The average molecular weight is 283 g/mol. The van der Waals surface area contributed by atoms with Crippen molar-refractivity contribution in [2.75, 3.05) is 40.8 Å². The van der Waals surface area contributed by atoms with E-state index in [4.69, 9.17) is 0 Å². The third kappa shape index (κ3) is 7.00. The van der Waals surface area contributed by atoms with Crippen LogP contribution in [0.25, 0.3) is 0 Å². The molecule has 0 rings (SSSR count). The summed E-state index contributed by atoms with van der Waals surface area (Å²) in [6, 6.07) is 0. The highest BCUT2D eigenvalue weighted by Gasteiger charge is 2.35. The molecular formula is C11H20F3N3O2. The molecular weight excluding hydrogens is 263 g/mol. The number of amides is 2. The molecule has 1 N–H and O–H groups in total. The zero-order valence-electron chi connectivity index (χ0n) is 11.5. The standard InChI is InChI=1S/C11H20F3N3O2/c1-8(5-15-2)10(19)17(7-11(12,13)14)6-9(18)16(3)4/h8,15H,5-7H2,1-4H3. The second kappa shape index (κ2) is 7.32. The fraction of sp³-hybridized carbons (Fsp3) is 0.818. The topological polar surface area (TPSA) is 52.7 Å². The number of carbonyl (C=O) groups excluding carboxylic acids is 2. The summed E-state index contributed by atoms with van der Waals surface area (Å²) in [5.41, 5.74) is 0. The highest BCUT2D eigenvalue weighted by atomic mass is 19.4. The summed E-state index contributed by atoms with van der Waals surface area (Å²) in [6.45, 7) is -0.218. The summed E-state index contributed by atoms with van der Waals surface area (Å²) in [5, 5.41) is 2.72. The number of hydrogen-bond donors (Lipinski definition) is 1. The number of rotatable bonds is 6. The summed E-state index contributed by atoms with van der Waals surface area (Å²) in [7, 11) is 4.45. The molecule has 0 saturated heterocycles. The maximum absolute atomic E-state index is 12.4. The summed E-state index contributed by atoms with van der Waals surface area (Å²) in [6.07, 6.45) is -4.53. The van der Waals surface area contributed by atoms with E-state index >= 15 is 0 Å². The van der Waals surface area contributed by atoms with E-state index in [1.807, 2.05) is 0 Å². The van der Waals surface area contributed by atoms with Crippen molar-refractivity contribution >= 4 is 11.8 Å².